The first-order chi connectivity index (χ1) is 5.10. The van der Waals surface area contributed by atoms with Crippen LogP contribution in [0, 0.1) is 0 Å². The SMILES string of the molecule is C=C([SiH3])C(N)[Si](C)(C)C(C)(C)C. The van der Waals surface area contributed by atoms with Crippen molar-refractivity contribution in [2.75, 3.05) is 0 Å². The summed E-state index contributed by atoms with van der Waals surface area (Å²) in [6.45, 7) is 15.6. The van der Waals surface area contributed by atoms with E-state index in [0.717, 1.165) is 10.2 Å². The van der Waals surface area contributed by atoms with Crippen molar-refractivity contribution in [2.24, 2.45) is 5.73 Å². The highest BCUT2D eigenvalue weighted by Gasteiger charge is 2.40. The summed E-state index contributed by atoms with van der Waals surface area (Å²) in [5.74, 6) is 0. The van der Waals surface area contributed by atoms with Gasteiger partial charge in [-0.1, -0.05) is 39.1 Å². The predicted molar refractivity (Wildman–Crippen MR) is 64.3 cm³/mol. The topological polar surface area (TPSA) is 26.0 Å². The highest BCUT2D eigenvalue weighted by molar-refractivity contribution is 6.82. The molecule has 0 bridgehead atoms. The van der Waals surface area contributed by atoms with E-state index in [4.69, 9.17) is 5.73 Å². The van der Waals surface area contributed by atoms with Crippen molar-refractivity contribution in [1.29, 1.82) is 0 Å². The van der Waals surface area contributed by atoms with Gasteiger partial charge in [-0.15, -0.1) is 6.58 Å². The third kappa shape index (κ3) is 2.31. The molecule has 0 heterocycles. The maximum Gasteiger partial charge on any atom is 0.0762 e. The summed E-state index contributed by atoms with van der Waals surface area (Å²) in [4.78, 5) is 0. The lowest BCUT2D eigenvalue weighted by atomic mass is 10.2. The minimum absolute atomic E-state index is 0.282. The Morgan fingerprint density at radius 2 is 1.75 bits per heavy atom. The molecule has 1 nitrogen and oxygen atoms in total. The molecule has 2 N–H and O–H groups in total. The monoisotopic (exact) mass is 201 g/mol. The van der Waals surface area contributed by atoms with Crippen LogP contribution in [0.25, 0.3) is 0 Å². The molecule has 0 amide bonds. The lowest BCUT2D eigenvalue weighted by Gasteiger charge is -2.41. The summed E-state index contributed by atoms with van der Waals surface area (Å²) >= 11 is 0. The summed E-state index contributed by atoms with van der Waals surface area (Å²) in [5, 5.41) is 1.64. The number of nitrogens with two attached hydrogens (primary N) is 1. The average molecular weight is 201 g/mol. The van der Waals surface area contributed by atoms with E-state index >= 15 is 0 Å². The van der Waals surface area contributed by atoms with E-state index < -0.39 is 8.07 Å². The van der Waals surface area contributed by atoms with Gasteiger partial charge in [0.15, 0.2) is 0 Å². The van der Waals surface area contributed by atoms with Crippen LogP contribution in [0.5, 0.6) is 0 Å². The zero-order chi connectivity index (χ0) is 10.2. The van der Waals surface area contributed by atoms with Gasteiger partial charge in [-0.25, -0.2) is 0 Å². The fourth-order valence-corrected chi connectivity index (χ4v) is 5.41. The Hall–Kier alpha value is 0.134. The molecule has 72 valence electrons. The van der Waals surface area contributed by atoms with Gasteiger partial charge >= 0.3 is 0 Å². The van der Waals surface area contributed by atoms with Crippen LogP contribution in [0.1, 0.15) is 20.8 Å². The second-order valence-corrected chi connectivity index (χ2v) is 12.1. The van der Waals surface area contributed by atoms with Crippen LogP contribution in [0.15, 0.2) is 11.8 Å². The third-order valence-electron chi connectivity index (χ3n) is 3.24. The van der Waals surface area contributed by atoms with Gasteiger partial charge < -0.3 is 5.73 Å². The molecule has 0 saturated carbocycles. The van der Waals surface area contributed by atoms with Gasteiger partial charge in [-0.3, -0.25) is 0 Å². The molecule has 12 heavy (non-hydrogen) atoms. The smallest absolute Gasteiger partial charge is 0.0762 e. The Bertz CT molecular complexity index is 179. The second-order valence-electron chi connectivity index (χ2n) is 5.30. The maximum absolute atomic E-state index is 6.18. The Labute approximate surface area is 80.9 Å². The predicted octanol–water partition coefficient (Wildman–Crippen LogP) is 1.24. The van der Waals surface area contributed by atoms with Gasteiger partial charge in [-0.05, 0) is 5.04 Å². The van der Waals surface area contributed by atoms with Crippen molar-refractivity contribution in [3.8, 4) is 0 Å². The molecule has 0 rings (SSSR count). The minimum atomic E-state index is -1.36. The molecular formula is C9H23NSi2. The van der Waals surface area contributed by atoms with E-state index in [0.29, 0.717) is 5.04 Å². The van der Waals surface area contributed by atoms with E-state index in [-0.39, 0.29) is 5.67 Å². The Balaban J connectivity index is 4.73. The Morgan fingerprint density at radius 1 is 1.42 bits per heavy atom. The van der Waals surface area contributed by atoms with Gasteiger partial charge in [0.2, 0.25) is 0 Å². The molecule has 0 aliphatic carbocycles. The highest BCUT2D eigenvalue weighted by atomic mass is 28.3. The maximum atomic E-state index is 6.18. The normalized spacial score (nSPS) is 16.2. The summed E-state index contributed by atoms with van der Waals surface area (Å²) in [7, 11) is -0.326. The first-order valence-corrected chi connectivity index (χ1v) is 8.59. The van der Waals surface area contributed by atoms with Crippen LogP contribution in [-0.4, -0.2) is 24.0 Å². The molecule has 0 aromatic rings. The summed E-state index contributed by atoms with van der Waals surface area (Å²) in [5.41, 5.74) is 6.46. The van der Waals surface area contributed by atoms with Gasteiger partial charge in [0.25, 0.3) is 0 Å². The zero-order valence-corrected chi connectivity index (χ0v) is 12.4. The quantitative estimate of drug-likeness (QED) is 0.669. The lowest BCUT2D eigenvalue weighted by molar-refractivity contribution is 0.701. The average Bonchev–Trinajstić information content (AvgIpc) is 1.83. The number of hydrogen-bond acceptors (Lipinski definition) is 1. The van der Waals surface area contributed by atoms with Crippen molar-refractivity contribution >= 4 is 18.3 Å². The van der Waals surface area contributed by atoms with Gasteiger partial charge in [0, 0.05) is 15.9 Å². The lowest BCUT2D eigenvalue weighted by Crippen LogP contribution is -2.54. The first kappa shape index (κ1) is 12.1. The van der Waals surface area contributed by atoms with Crippen molar-refractivity contribution < 1.29 is 0 Å². The first-order valence-electron chi connectivity index (χ1n) is 4.51. The van der Waals surface area contributed by atoms with Crippen LogP contribution in [-0.2, 0) is 0 Å². The van der Waals surface area contributed by atoms with E-state index in [2.05, 4.69) is 40.4 Å². The fourth-order valence-electron chi connectivity index (χ4n) is 1.08. The van der Waals surface area contributed by atoms with E-state index in [1.165, 1.54) is 5.20 Å². The van der Waals surface area contributed by atoms with Crippen molar-refractivity contribution in [2.45, 2.75) is 44.6 Å². The molecule has 0 aromatic carbocycles. The second kappa shape index (κ2) is 3.48. The Morgan fingerprint density at radius 3 is 1.83 bits per heavy atom. The number of rotatable bonds is 2. The highest BCUT2D eigenvalue weighted by Crippen LogP contribution is 2.38. The molecule has 0 saturated heterocycles. The van der Waals surface area contributed by atoms with Crippen LogP contribution in [0.4, 0.5) is 0 Å². The standard InChI is InChI=1S/C9H23NSi2/c1-7(11)8(10)12(5,6)9(2,3)4/h8H,1,10H2,2-6,11H3. The molecule has 0 aliphatic heterocycles. The zero-order valence-electron chi connectivity index (χ0n) is 9.36. The summed E-state index contributed by atoms with van der Waals surface area (Å²) in [6.07, 6.45) is 0. The molecule has 0 radical (unpaired) electrons. The van der Waals surface area contributed by atoms with Gasteiger partial charge in [0.05, 0.1) is 8.07 Å². The third-order valence-corrected chi connectivity index (χ3v) is 10.4. The van der Waals surface area contributed by atoms with Crippen molar-refractivity contribution in [3.63, 3.8) is 0 Å². The van der Waals surface area contributed by atoms with E-state index in [1.807, 2.05) is 0 Å². The van der Waals surface area contributed by atoms with Crippen molar-refractivity contribution in [1.82, 2.24) is 0 Å². The molecule has 0 aromatic heterocycles. The molecule has 3 heteroatoms. The number of hydrogen-bond donors (Lipinski definition) is 1. The van der Waals surface area contributed by atoms with E-state index in [1.54, 1.807) is 0 Å². The van der Waals surface area contributed by atoms with Gasteiger partial charge in [-0.2, -0.15) is 0 Å². The summed E-state index contributed by atoms with van der Waals surface area (Å²) in [6, 6.07) is 0. The fraction of sp³-hybridized carbons (Fsp3) is 0.778. The minimum Gasteiger partial charge on any atom is -0.327 e. The van der Waals surface area contributed by atoms with E-state index in [9.17, 15) is 0 Å². The van der Waals surface area contributed by atoms with Crippen LogP contribution < -0.4 is 5.73 Å². The molecule has 0 fully saturated rings. The molecule has 0 aliphatic rings. The molecule has 1 unspecified atom stereocenters. The molecular weight excluding hydrogens is 178 g/mol. The summed E-state index contributed by atoms with van der Waals surface area (Å²) < 4.78 is 0. The van der Waals surface area contributed by atoms with Crippen molar-refractivity contribution in [3.05, 3.63) is 11.8 Å². The van der Waals surface area contributed by atoms with Crippen LogP contribution in [0.2, 0.25) is 18.1 Å². The van der Waals surface area contributed by atoms with Gasteiger partial charge in [0.1, 0.15) is 0 Å². The largest absolute Gasteiger partial charge is 0.327 e. The molecule has 0 spiro atoms. The Kier molecular flexibility index (Phi) is 3.52. The van der Waals surface area contributed by atoms with Crippen LogP contribution in [0.3, 0.4) is 0 Å². The molecule has 1 atom stereocenters. The van der Waals surface area contributed by atoms with Crippen LogP contribution >= 0.6 is 0 Å².